The van der Waals surface area contributed by atoms with Gasteiger partial charge in [0.15, 0.2) is 6.61 Å². The van der Waals surface area contributed by atoms with Gasteiger partial charge in [-0.05, 0) is 37.1 Å². The molecule has 0 radical (unpaired) electrons. The molecule has 108 valence electrons. The Kier molecular flexibility index (Phi) is 4.84. The van der Waals surface area contributed by atoms with Gasteiger partial charge >= 0.3 is 0 Å². The lowest BCUT2D eigenvalue weighted by atomic mass is 10.2. The summed E-state index contributed by atoms with van der Waals surface area (Å²) in [4.78, 5) is 24.9. The number of aryl methyl sites for hydroxylation is 1. The number of ether oxygens (including phenoxy) is 1. The standard InChI is InChI=1S/C14H17ClN2O3/c1-10-7-11(3-4-12(10)15)20-9-14(19)17-6-2-5-16-13(18)8-17/h3-4,7H,2,5-6,8-9H2,1H3,(H,16,18). The van der Waals surface area contributed by atoms with Crippen molar-refractivity contribution in [3.05, 3.63) is 28.8 Å². The minimum Gasteiger partial charge on any atom is -0.484 e. The number of rotatable bonds is 3. The van der Waals surface area contributed by atoms with Crippen LogP contribution in [0.3, 0.4) is 0 Å². The van der Waals surface area contributed by atoms with E-state index in [0.29, 0.717) is 23.9 Å². The summed E-state index contributed by atoms with van der Waals surface area (Å²) in [5.74, 6) is 0.285. The summed E-state index contributed by atoms with van der Waals surface area (Å²) in [5.41, 5.74) is 0.894. The normalized spacial score (nSPS) is 15.5. The predicted molar refractivity (Wildman–Crippen MR) is 75.9 cm³/mol. The van der Waals surface area contributed by atoms with Crippen LogP contribution in [0.4, 0.5) is 0 Å². The van der Waals surface area contributed by atoms with Crippen LogP contribution in [-0.2, 0) is 9.59 Å². The third-order valence-corrected chi connectivity index (χ3v) is 3.53. The van der Waals surface area contributed by atoms with E-state index >= 15 is 0 Å². The van der Waals surface area contributed by atoms with Crippen LogP contribution in [0.5, 0.6) is 5.75 Å². The van der Waals surface area contributed by atoms with Crippen molar-refractivity contribution in [1.29, 1.82) is 0 Å². The monoisotopic (exact) mass is 296 g/mol. The van der Waals surface area contributed by atoms with Crippen molar-refractivity contribution in [3.8, 4) is 5.75 Å². The molecule has 6 heteroatoms. The molecule has 5 nitrogen and oxygen atoms in total. The zero-order chi connectivity index (χ0) is 14.5. The molecule has 0 bridgehead atoms. The van der Waals surface area contributed by atoms with E-state index in [4.69, 9.17) is 16.3 Å². The molecular formula is C14H17ClN2O3. The summed E-state index contributed by atoms with van der Waals surface area (Å²) in [6.45, 7) is 3.08. The molecule has 1 aromatic carbocycles. The van der Waals surface area contributed by atoms with Crippen LogP contribution in [-0.4, -0.2) is 43.0 Å². The fraction of sp³-hybridized carbons (Fsp3) is 0.429. The lowest BCUT2D eigenvalue weighted by Crippen LogP contribution is -2.39. The average molecular weight is 297 g/mol. The predicted octanol–water partition coefficient (Wildman–Crippen LogP) is 1.38. The number of halogens is 1. The molecule has 0 aliphatic carbocycles. The molecule has 1 saturated heterocycles. The second-order valence-corrected chi connectivity index (χ2v) is 5.13. The van der Waals surface area contributed by atoms with E-state index in [-0.39, 0.29) is 25.0 Å². The molecule has 2 rings (SSSR count). The van der Waals surface area contributed by atoms with E-state index in [9.17, 15) is 9.59 Å². The fourth-order valence-electron chi connectivity index (χ4n) is 1.96. The first-order chi connectivity index (χ1) is 9.56. The summed E-state index contributed by atoms with van der Waals surface area (Å²) in [7, 11) is 0. The van der Waals surface area contributed by atoms with Crippen molar-refractivity contribution in [2.45, 2.75) is 13.3 Å². The second kappa shape index (κ2) is 6.61. The average Bonchev–Trinajstić information content (AvgIpc) is 2.64. The van der Waals surface area contributed by atoms with Gasteiger partial charge in [-0.2, -0.15) is 0 Å². The molecule has 1 aromatic rings. The first kappa shape index (κ1) is 14.7. The molecule has 0 saturated carbocycles. The van der Waals surface area contributed by atoms with E-state index < -0.39 is 0 Å². The van der Waals surface area contributed by atoms with E-state index in [0.717, 1.165) is 12.0 Å². The van der Waals surface area contributed by atoms with Gasteiger partial charge < -0.3 is 15.0 Å². The Balaban J connectivity index is 1.90. The fourth-order valence-corrected chi connectivity index (χ4v) is 2.08. The van der Waals surface area contributed by atoms with E-state index in [1.807, 2.05) is 6.92 Å². The molecule has 0 atom stereocenters. The van der Waals surface area contributed by atoms with Crippen LogP contribution >= 0.6 is 11.6 Å². The lowest BCUT2D eigenvalue weighted by Gasteiger charge is -2.19. The van der Waals surface area contributed by atoms with Crippen molar-refractivity contribution >= 4 is 23.4 Å². The number of hydrogen-bond donors (Lipinski definition) is 1. The Bertz CT molecular complexity index is 519. The Labute approximate surface area is 122 Å². The van der Waals surface area contributed by atoms with Gasteiger partial charge in [-0.3, -0.25) is 9.59 Å². The van der Waals surface area contributed by atoms with Gasteiger partial charge in [-0.1, -0.05) is 11.6 Å². The Morgan fingerprint density at radius 1 is 1.50 bits per heavy atom. The smallest absolute Gasteiger partial charge is 0.260 e. The SMILES string of the molecule is Cc1cc(OCC(=O)N2CCCNC(=O)C2)ccc1Cl. The summed E-state index contributed by atoms with van der Waals surface area (Å²) in [6, 6.07) is 5.23. The maximum absolute atomic E-state index is 12.0. The van der Waals surface area contributed by atoms with Gasteiger partial charge in [0, 0.05) is 18.1 Å². The highest BCUT2D eigenvalue weighted by Crippen LogP contribution is 2.21. The van der Waals surface area contributed by atoms with Gasteiger partial charge in [0.05, 0.1) is 6.54 Å². The molecular weight excluding hydrogens is 280 g/mol. The van der Waals surface area contributed by atoms with Crippen LogP contribution < -0.4 is 10.1 Å². The van der Waals surface area contributed by atoms with Gasteiger partial charge in [0.25, 0.3) is 5.91 Å². The number of nitrogens with zero attached hydrogens (tertiary/aromatic N) is 1. The highest BCUT2D eigenvalue weighted by atomic mass is 35.5. The van der Waals surface area contributed by atoms with Crippen molar-refractivity contribution in [3.63, 3.8) is 0 Å². The molecule has 1 N–H and O–H groups in total. The summed E-state index contributed by atoms with van der Waals surface area (Å²) in [6.07, 6.45) is 0.761. The topological polar surface area (TPSA) is 58.6 Å². The third-order valence-electron chi connectivity index (χ3n) is 3.11. The minimum absolute atomic E-state index is 0.0750. The van der Waals surface area contributed by atoms with Gasteiger partial charge in [0.2, 0.25) is 5.91 Å². The summed E-state index contributed by atoms with van der Waals surface area (Å²) < 4.78 is 5.45. The molecule has 1 aliphatic heterocycles. The first-order valence-electron chi connectivity index (χ1n) is 6.49. The molecule has 1 heterocycles. The minimum atomic E-state index is -0.186. The Hall–Kier alpha value is -1.75. The number of hydrogen-bond acceptors (Lipinski definition) is 3. The zero-order valence-electron chi connectivity index (χ0n) is 11.3. The molecule has 0 unspecified atom stereocenters. The van der Waals surface area contributed by atoms with Crippen LogP contribution in [0.25, 0.3) is 0 Å². The number of nitrogens with one attached hydrogen (secondary N) is 1. The van der Waals surface area contributed by atoms with Crippen LogP contribution in [0, 0.1) is 6.92 Å². The van der Waals surface area contributed by atoms with E-state index in [1.54, 1.807) is 18.2 Å². The number of carbonyl (C=O) groups excluding carboxylic acids is 2. The molecule has 0 aromatic heterocycles. The van der Waals surface area contributed by atoms with Crippen molar-refractivity contribution < 1.29 is 14.3 Å². The zero-order valence-corrected chi connectivity index (χ0v) is 12.1. The maximum atomic E-state index is 12.0. The van der Waals surface area contributed by atoms with Crippen molar-refractivity contribution in [2.75, 3.05) is 26.2 Å². The first-order valence-corrected chi connectivity index (χ1v) is 6.87. The van der Waals surface area contributed by atoms with E-state index in [1.165, 1.54) is 4.90 Å². The Morgan fingerprint density at radius 2 is 2.30 bits per heavy atom. The molecule has 2 amide bonds. The summed E-state index contributed by atoms with van der Waals surface area (Å²) in [5, 5.41) is 3.39. The third kappa shape index (κ3) is 3.87. The number of benzene rings is 1. The lowest BCUT2D eigenvalue weighted by molar-refractivity contribution is -0.136. The second-order valence-electron chi connectivity index (χ2n) is 4.72. The van der Waals surface area contributed by atoms with Crippen molar-refractivity contribution in [2.24, 2.45) is 0 Å². The van der Waals surface area contributed by atoms with Crippen LogP contribution in [0.15, 0.2) is 18.2 Å². The van der Waals surface area contributed by atoms with Crippen LogP contribution in [0.1, 0.15) is 12.0 Å². The van der Waals surface area contributed by atoms with Gasteiger partial charge in [-0.15, -0.1) is 0 Å². The van der Waals surface area contributed by atoms with E-state index in [2.05, 4.69) is 5.32 Å². The Morgan fingerprint density at radius 3 is 3.05 bits per heavy atom. The highest BCUT2D eigenvalue weighted by molar-refractivity contribution is 6.31. The molecule has 20 heavy (non-hydrogen) atoms. The summed E-state index contributed by atoms with van der Waals surface area (Å²) >= 11 is 5.92. The maximum Gasteiger partial charge on any atom is 0.260 e. The largest absolute Gasteiger partial charge is 0.484 e. The molecule has 1 aliphatic rings. The van der Waals surface area contributed by atoms with Gasteiger partial charge in [-0.25, -0.2) is 0 Å². The number of amides is 2. The molecule has 0 spiro atoms. The van der Waals surface area contributed by atoms with Crippen molar-refractivity contribution in [1.82, 2.24) is 10.2 Å². The van der Waals surface area contributed by atoms with Gasteiger partial charge in [0.1, 0.15) is 5.75 Å². The highest BCUT2D eigenvalue weighted by Gasteiger charge is 2.19. The number of carbonyl (C=O) groups is 2. The quantitative estimate of drug-likeness (QED) is 0.917. The van der Waals surface area contributed by atoms with Crippen LogP contribution in [0.2, 0.25) is 5.02 Å². The molecule has 1 fully saturated rings.